The standard InChI is InChI=1S/C16H16N2OS/c1-3-9-18-15(14-11(2)8-10-20-14)17-13-7-5-4-6-12(13)16(18)19/h3-8,10,15,17H,1,9H2,2H3. The number of carbonyl (C=O) groups is 1. The third-order valence-electron chi connectivity index (χ3n) is 3.50. The van der Waals surface area contributed by atoms with E-state index in [0.717, 1.165) is 11.3 Å². The topological polar surface area (TPSA) is 32.3 Å². The molecule has 102 valence electrons. The Hall–Kier alpha value is -2.07. The fourth-order valence-electron chi connectivity index (χ4n) is 2.49. The number of amides is 1. The molecular formula is C16H16N2OS. The van der Waals surface area contributed by atoms with Crippen LogP contribution in [0.25, 0.3) is 0 Å². The number of aryl methyl sites for hydroxylation is 1. The summed E-state index contributed by atoms with van der Waals surface area (Å²) in [6.07, 6.45) is 1.65. The summed E-state index contributed by atoms with van der Waals surface area (Å²) in [7, 11) is 0. The molecule has 1 atom stereocenters. The molecule has 0 radical (unpaired) electrons. The minimum atomic E-state index is -0.115. The largest absolute Gasteiger partial charge is 0.360 e. The lowest BCUT2D eigenvalue weighted by atomic mass is 10.1. The Morgan fingerprint density at radius 2 is 2.20 bits per heavy atom. The van der Waals surface area contributed by atoms with Gasteiger partial charge in [0, 0.05) is 12.2 Å². The molecule has 1 aliphatic rings. The second-order valence-corrected chi connectivity index (χ2v) is 5.75. The minimum Gasteiger partial charge on any atom is -0.360 e. The quantitative estimate of drug-likeness (QED) is 0.869. The molecule has 0 spiro atoms. The number of carbonyl (C=O) groups excluding carboxylic acids is 1. The van der Waals surface area contributed by atoms with E-state index in [1.165, 1.54) is 10.4 Å². The van der Waals surface area contributed by atoms with Crippen molar-refractivity contribution in [3.05, 3.63) is 64.4 Å². The molecule has 2 aromatic rings. The number of nitrogens with zero attached hydrogens (tertiary/aromatic N) is 1. The van der Waals surface area contributed by atoms with Gasteiger partial charge in [-0.15, -0.1) is 17.9 Å². The highest BCUT2D eigenvalue weighted by Gasteiger charge is 2.33. The average Bonchev–Trinajstić information content (AvgIpc) is 2.88. The summed E-state index contributed by atoms with van der Waals surface area (Å²) in [6, 6.07) is 9.73. The second kappa shape index (κ2) is 5.13. The summed E-state index contributed by atoms with van der Waals surface area (Å²) in [6.45, 7) is 6.37. The van der Waals surface area contributed by atoms with Crippen LogP contribution >= 0.6 is 11.3 Å². The van der Waals surface area contributed by atoms with Gasteiger partial charge in [0.2, 0.25) is 0 Å². The molecule has 3 rings (SSSR count). The van der Waals surface area contributed by atoms with Crippen LogP contribution < -0.4 is 5.32 Å². The van der Waals surface area contributed by atoms with Crippen LogP contribution in [0, 0.1) is 6.92 Å². The molecule has 1 aromatic carbocycles. The van der Waals surface area contributed by atoms with Crippen molar-refractivity contribution < 1.29 is 4.79 Å². The smallest absolute Gasteiger partial charge is 0.258 e. The summed E-state index contributed by atoms with van der Waals surface area (Å²) in [5.41, 5.74) is 2.82. The Labute approximate surface area is 122 Å². The summed E-state index contributed by atoms with van der Waals surface area (Å²) >= 11 is 1.67. The van der Waals surface area contributed by atoms with E-state index < -0.39 is 0 Å². The third-order valence-corrected chi connectivity index (χ3v) is 4.57. The second-order valence-electron chi connectivity index (χ2n) is 4.81. The van der Waals surface area contributed by atoms with Crippen LogP contribution in [0.2, 0.25) is 0 Å². The number of thiophene rings is 1. The molecule has 20 heavy (non-hydrogen) atoms. The number of para-hydroxylation sites is 1. The number of fused-ring (bicyclic) bond motifs is 1. The number of benzene rings is 1. The van der Waals surface area contributed by atoms with Crippen molar-refractivity contribution in [2.75, 3.05) is 11.9 Å². The summed E-state index contributed by atoms with van der Waals surface area (Å²) in [4.78, 5) is 15.7. The zero-order valence-corrected chi connectivity index (χ0v) is 12.1. The Bertz CT molecular complexity index is 662. The number of nitrogens with one attached hydrogen (secondary N) is 1. The molecule has 1 unspecified atom stereocenters. The van der Waals surface area contributed by atoms with Gasteiger partial charge in [-0.25, -0.2) is 0 Å². The monoisotopic (exact) mass is 284 g/mol. The van der Waals surface area contributed by atoms with E-state index in [1.807, 2.05) is 29.2 Å². The van der Waals surface area contributed by atoms with Crippen LogP contribution in [0.3, 0.4) is 0 Å². The maximum Gasteiger partial charge on any atom is 0.258 e. The third kappa shape index (κ3) is 2.02. The zero-order chi connectivity index (χ0) is 14.1. The van der Waals surface area contributed by atoms with Gasteiger partial charge in [0.15, 0.2) is 0 Å². The van der Waals surface area contributed by atoms with Gasteiger partial charge in [-0.1, -0.05) is 18.2 Å². The molecule has 0 bridgehead atoms. The Morgan fingerprint density at radius 1 is 1.40 bits per heavy atom. The van der Waals surface area contributed by atoms with Gasteiger partial charge in [0.1, 0.15) is 6.17 Å². The van der Waals surface area contributed by atoms with Crippen molar-refractivity contribution in [3.8, 4) is 0 Å². The first-order chi connectivity index (χ1) is 9.72. The van der Waals surface area contributed by atoms with Gasteiger partial charge < -0.3 is 10.2 Å². The fourth-order valence-corrected chi connectivity index (χ4v) is 3.48. The molecule has 1 aliphatic heterocycles. The molecule has 1 amide bonds. The van der Waals surface area contributed by atoms with Crippen LogP contribution in [-0.2, 0) is 0 Å². The van der Waals surface area contributed by atoms with Crippen LogP contribution in [-0.4, -0.2) is 17.4 Å². The van der Waals surface area contributed by atoms with Crippen LogP contribution in [0.1, 0.15) is 27.0 Å². The van der Waals surface area contributed by atoms with E-state index in [9.17, 15) is 4.79 Å². The van der Waals surface area contributed by atoms with Crippen molar-refractivity contribution in [1.29, 1.82) is 0 Å². The van der Waals surface area contributed by atoms with Gasteiger partial charge in [-0.3, -0.25) is 4.79 Å². The highest BCUT2D eigenvalue weighted by atomic mass is 32.1. The number of rotatable bonds is 3. The van der Waals surface area contributed by atoms with Crippen LogP contribution in [0.15, 0.2) is 48.4 Å². The Morgan fingerprint density at radius 3 is 2.90 bits per heavy atom. The maximum absolute atomic E-state index is 12.7. The molecule has 1 N–H and O–H groups in total. The van der Waals surface area contributed by atoms with Crippen LogP contribution in [0.4, 0.5) is 5.69 Å². The van der Waals surface area contributed by atoms with E-state index in [-0.39, 0.29) is 12.1 Å². The summed E-state index contributed by atoms with van der Waals surface area (Å²) in [5, 5.41) is 5.53. The van der Waals surface area contributed by atoms with E-state index in [0.29, 0.717) is 6.54 Å². The van der Waals surface area contributed by atoms with Gasteiger partial charge in [0.05, 0.1) is 10.4 Å². The van der Waals surface area contributed by atoms with Gasteiger partial charge >= 0.3 is 0 Å². The van der Waals surface area contributed by atoms with Gasteiger partial charge in [-0.2, -0.15) is 0 Å². The van der Waals surface area contributed by atoms with E-state index in [2.05, 4.69) is 30.3 Å². The van der Waals surface area contributed by atoms with E-state index >= 15 is 0 Å². The molecule has 0 saturated carbocycles. The average molecular weight is 284 g/mol. The fraction of sp³-hybridized carbons (Fsp3) is 0.188. The molecule has 1 aromatic heterocycles. The molecule has 0 fully saturated rings. The first-order valence-corrected chi connectivity index (χ1v) is 7.41. The molecule has 0 saturated heterocycles. The normalized spacial score (nSPS) is 17.6. The predicted molar refractivity (Wildman–Crippen MR) is 83.1 cm³/mol. The number of hydrogen-bond acceptors (Lipinski definition) is 3. The first-order valence-electron chi connectivity index (χ1n) is 6.54. The van der Waals surface area contributed by atoms with Gasteiger partial charge in [-0.05, 0) is 36.1 Å². The van der Waals surface area contributed by atoms with E-state index in [1.54, 1.807) is 17.4 Å². The Balaban J connectivity index is 2.08. The van der Waals surface area contributed by atoms with Crippen molar-refractivity contribution >= 4 is 22.9 Å². The molecular weight excluding hydrogens is 268 g/mol. The van der Waals surface area contributed by atoms with Crippen LogP contribution in [0.5, 0.6) is 0 Å². The zero-order valence-electron chi connectivity index (χ0n) is 11.3. The lowest BCUT2D eigenvalue weighted by Gasteiger charge is -2.37. The SMILES string of the molecule is C=CCN1C(=O)c2ccccc2NC1c1sccc1C. The van der Waals surface area contributed by atoms with Crippen molar-refractivity contribution in [2.45, 2.75) is 13.1 Å². The predicted octanol–water partition coefficient (Wildman–Crippen LogP) is 3.81. The lowest BCUT2D eigenvalue weighted by molar-refractivity contribution is 0.0710. The highest BCUT2D eigenvalue weighted by Crippen LogP contribution is 2.36. The maximum atomic E-state index is 12.7. The number of hydrogen-bond donors (Lipinski definition) is 1. The summed E-state index contributed by atoms with van der Waals surface area (Å²) in [5.74, 6) is 0.0528. The Kier molecular flexibility index (Phi) is 3.32. The van der Waals surface area contributed by atoms with Gasteiger partial charge in [0.25, 0.3) is 5.91 Å². The number of anilines is 1. The first kappa shape index (κ1) is 12.9. The molecule has 4 heteroatoms. The lowest BCUT2D eigenvalue weighted by Crippen LogP contribution is -2.42. The van der Waals surface area contributed by atoms with Crippen molar-refractivity contribution in [1.82, 2.24) is 4.90 Å². The molecule has 3 nitrogen and oxygen atoms in total. The van der Waals surface area contributed by atoms with Crippen molar-refractivity contribution in [3.63, 3.8) is 0 Å². The highest BCUT2D eigenvalue weighted by molar-refractivity contribution is 7.10. The van der Waals surface area contributed by atoms with Crippen molar-refractivity contribution in [2.24, 2.45) is 0 Å². The minimum absolute atomic E-state index is 0.0528. The molecule has 2 heterocycles. The summed E-state index contributed by atoms with van der Waals surface area (Å²) < 4.78 is 0. The van der Waals surface area contributed by atoms with E-state index in [4.69, 9.17) is 0 Å². The molecule has 0 aliphatic carbocycles.